The summed E-state index contributed by atoms with van der Waals surface area (Å²) in [6.07, 6.45) is 11.0. The van der Waals surface area contributed by atoms with Crippen LogP contribution in [0.15, 0.2) is 30.3 Å². The molecule has 154 valence electrons. The van der Waals surface area contributed by atoms with E-state index in [4.69, 9.17) is 5.73 Å². The van der Waals surface area contributed by atoms with Crippen molar-refractivity contribution in [2.75, 3.05) is 26.2 Å². The van der Waals surface area contributed by atoms with E-state index < -0.39 is 0 Å². The number of hydrogen-bond donors (Lipinski definition) is 2. The Labute approximate surface area is 170 Å². The Bertz CT molecular complexity index is 662. The van der Waals surface area contributed by atoms with Gasteiger partial charge in [-0.3, -0.25) is 9.69 Å². The number of amides is 1. The normalized spacial score (nSPS) is 23.3. The molecule has 0 atom stereocenters. The second-order valence-corrected chi connectivity index (χ2v) is 8.56. The highest BCUT2D eigenvalue weighted by Crippen LogP contribution is 2.29. The van der Waals surface area contributed by atoms with Crippen LogP contribution >= 0.6 is 0 Å². The van der Waals surface area contributed by atoms with Crippen molar-refractivity contribution in [3.05, 3.63) is 41.5 Å². The summed E-state index contributed by atoms with van der Waals surface area (Å²) in [6.45, 7) is 6.26. The predicted octanol–water partition coefficient (Wildman–Crippen LogP) is 3.89. The van der Waals surface area contributed by atoms with Crippen molar-refractivity contribution < 1.29 is 4.79 Å². The fourth-order valence-electron chi connectivity index (χ4n) is 4.62. The maximum Gasteiger partial charge on any atom is 0.220 e. The van der Waals surface area contributed by atoms with Crippen molar-refractivity contribution in [1.29, 1.82) is 0 Å². The summed E-state index contributed by atoms with van der Waals surface area (Å²) in [5, 5.41) is 3.19. The second kappa shape index (κ2) is 10.8. The average Bonchev–Trinajstić information content (AvgIpc) is 2.72. The van der Waals surface area contributed by atoms with E-state index in [1.807, 2.05) is 0 Å². The number of benzene rings is 1. The molecular weight excluding hydrogens is 346 g/mol. The van der Waals surface area contributed by atoms with Crippen molar-refractivity contribution in [3.8, 4) is 0 Å². The van der Waals surface area contributed by atoms with Crippen LogP contribution in [0.25, 0.3) is 5.57 Å². The van der Waals surface area contributed by atoms with Gasteiger partial charge in [-0.15, -0.1) is 0 Å². The molecule has 1 aromatic rings. The van der Waals surface area contributed by atoms with Gasteiger partial charge in [0.25, 0.3) is 0 Å². The molecule has 1 saturated carbocycles. The number of rotatable bonds is 8. The van der Waals surface area contributed by atoms with Gasteiger partial charge in [-0.1, -0.05) is 30.3 Å². The summed E-state index contributed by atoms with van der Waals surface area (Å²) in [5.41, 5.74) is 9.80. The van der Waals surface area contributed by atoms with Crippen LogP contribution in [0.4, 0.5) is 0 Å². The monoisotopic (exact) mass is 383 g/mol. The number of hydrogen-bond acceptors (Lipinski definition) is 3. The number of nitrogens with one attached hydrogen (secondary N) is 1. The van der Waals surface area contributed by atoms with Gasteiger partial charge in [0.2, 0.25) is 5.91 Å². The number of nitrogens with zero attached hydrogens (tertiary/aromatic N) is 1. The van der Waals surface area contributed by atoms with Gasteiger partial charge >= 0.3 is 0 Å². The molecule has 1 aliphatic heterocycles. The lowest BCUT2D eigenvalue weighted by Gasteiger charge is -2.32. The first kappa shape index (κ1) is 21.1. The van der Waals surface area contributed by atoms with E-state index in [9.17, 15) is 4.79 Å². The van der Waals surface area contributed by atoms with Crippen molar-refractivity contribution in [3.63, 3.8) is 0 Å². The molecule has 0 spiro atoms. The summed E-state index contributed by atoms with van der Waals surface area (Å²) < 4.78 is 0. The zero-order valence-electron chi connectivity index (χ0n) is 17.5. The number of aryl methyl sites for hydroxylation is 1. The molecule has 0 aromatic heterocycles. The van der Waals surface area contributed by atoms with E-state index in [-0.39, 0.29) is 5.91 Å². The van der Waals surface area contributed by atoms with Crippen LogP contribution in [0.3, 0.4) is 0 Å². The van der Waals surface area contributed by atoms with Gasteiger partial charge < -0.3 is 11.1 Å². The van der Waals surface area contributed by atoms with E-state index in [0.717, 1.165) is 38.1 Å². The Morgan fingerprint density at radius 2 is 2.00 bits per heavy atom. The van der Waals surface area contributed by atoms with E-state index in [1.165, 1.54) is 49.1 Å². The largest absolute Gasteiger partial charge is 0.353 e. The Hall–Kier alpha value is -1.65. The highest BCUT2D eigenvalue weighted by atomic mass is 16.1. The van der Waals surface area contributed by atoms with Gasteiger partial charge in [-0.05, 0) is 87.6 Å². The molecule has 0 bridgehead atoms. The third-order valence-electron chi connectivity index (χ3n) is 6.46. The van der Waals surface area contributed by atoms with Gasteiger partial charge in [0.15, 0.2) is 0 Å². The average molecular weight is 384 g/mol. The lowest BCUT2D eigenvalue weighted by molar-refractivity contribution is -0.122. The molecule has 3 N–H and O–H groups in total. The zero-order chi connectivity index (χ0) is 19.8. The third kappa shape index (κ3) is 6.18. The minimum atomic E-state index is 0.179. The molecule has 1 heterocycles. The Morgan fingerprint density at radius 1 is 1.21 bits per heavy atom. The minimum Gasteiger partial charge on any atom is -0.353 e. The van der Waals surface area contributed by atoms with E-state index in [1.54, 1.807) is 0 Å². The fraction of sp³-hybridized carbons (Fsp3) is 0.625. The van der Waals surface area contributed by atoms with Crippen LogP contribution in [0.2, 0.25) is 0 Å². The first-order chi connectivity index (χ1) is 13.7. The first-order valence-electron chi connectivity index (χ1n) is 11.1. The van der Waals surface area contributed by atoms with Gasteiger partial charge in [0, 0.05) is 25.6 Å². The maximum atomic E-state index is 11.9. The molecule has 4 heteroatoms. The van der Waals surface area contributed by atoms with Crippen LogP contribution in [0, 0.1) is 12.8 Å². The SMILES string of the molecule is Cc1ccccc1C1=CCN(CCC2CCC(NC(=O)CCCN)CC2)CC1. The van der Waals surface area contributed by atoms with Gasteiger partial charge in [-0.25, -0.2) is 0 Å². The van der Waals surface area contributed by atoms with Crippen molar-refractivity contribution in [1.82, 2.24) is 10.2 Å². The zero-order valence-corrected chi connectivity index (χ0v) is 17.5. The summed E-state index contributed by atoms with van der Waals surface area (Å²) in [7, 11) is 0. The molecule has 28 heavy (non-hydrogen) atoms. The van der Waals surface area contributed by atoms with Crippen molar-refractivity contribution >= 4 is 11.5 Å². The van der Waals surface area contributed by atoms with Gasteiger partial charge in [-0.2, -0.15) is 0 Å². The van der Waals surface area contributed by atoms with Crippen LogP contribution < -0.4 is 11.1 Å². The molecule has 0 saturated heterocycles. The molecular formula is C24H37N3O. The molecule has 4 nitrogen and oxygen atoms in total. The number of nitrogens with two attached hydrogens (primary N) is 1. The fourth-order valence-corrected chi connectivity index (χ4v) is 4.62. The summed E-state index contributed by atoms with van der Waals surface area (Å²) in [6, 6.07) is 9.11. The lowest BCUT2D eigenvalue weighted by atomic mass is 9.84. The Balaban J connectivity index is 1.35. The van der Waals surface area contributed by atoms with Crippen LogP contribution in [0.5, 0.6) is 0 Å². The molecule has 1 fully saturated rings. The van der Waals surface area contributed by atoms with E-state index in [0.29, 0.717) is 19.0 Å². The third-order valence-corrected chi connectivity index (χ3v) is 6.46. The highest BCUT2D eigenvalue weighted by Gasteiger charge is 2.23. The first-order valence-corrected chi connectivity index (χ1v) is 11.1. The molecule has 0 unspecified atom stereocenters. The topological polar surface area (TPSA) is 58.4 Å². The predicted molar refractivity (Wildman–Crippen MR) is 117 cm³/mol. The number of carbonyl (C=O) groups is 1. The summed E-state index contributed by atoms with van der Waals surface area (Å²) in [4.78, 5) is 14.5. The molecule has 1 aromatic carbocycles. The van der Waals surface area contributed by atoms with Crippen LogP contribution in [-0.4, -0.2) is 43.0 Å². The number of carbonyl (C=O) groups excluding carboxylic acids is 1. The maximum absolute atomic E-state index is 11.9. The molecule has 1 aliphatic carbocycles. The second-order valence-electron chi connectivity index (χ2n) is 8.56. The van der Waals surface area contributed by atoms with Gasteiger partial charge in [0.05, 0.1) is 0 Å². The van der Waals surface area contributed by atoms with E-state index in [2.05, 4.69) is 47.5 Å². The minimum absolute atomic E-state index is 0.179. The van der Waals surface area contributed by atoms with Crippen LogP contribution in [0.1, 0.15) is 62.5 Å². The smallest absolute Gasteiger partial charge is 0.220 e. The van der Waals surface area contributed by atoms with Gasteiger partial charge in [0.1, 0.15) is 0 Å². The van der Waals surface area contributed by atoms with Crippen LogP contribution in [-0.2, 0) is 4.79 Å². The molecule has 1 amide bonds. The highest BCUT2D eigenvalue weighted by molar-refractivity contribution is 5.76. The van der Waals surface area contributed by atoms with Crippen molar-refractivity contribution in [2.45, 2.75) is 64.3 Å². The lowest BCUT2D eigenvalue weighted by Crippen LogP contribution is -2.38. The standard InChI is InChI=1S/C24H37N3O/c1-19-5-2-3-6-23(19)21-13-17-27(18-14-21)16-12-20-8-10-22(11-9-20)26-24(28)7-4-15-25/h2-3,5-6,13,20,22H,4,7-12,14-18,25H2,1H3,(H,26,28). The Kier molecular flexibility index (Phi) is 8.11. The molecule has 3 rings (SSSR count). The molecule has 0 radical (unpaired) electrons. The quantitative estimate of drug-likeness (QED) is 0.716. The summed E-state index contributed by atoms with van der Waals surface area (Å²) in [5.74, 6) is 0.998. The Morgan fingerprint density at radius 3 is 2.68 bits per heavy atom. The van der Waals surface area contributed by atoms with Crippen molar-refractivity contribution in [2.24, 2.45) is 11.7 Å². The summed E-state index contributed by atoms with van der Waals surface area (Å²) >= 11 is 0. The van der Waals surface area contributed by atoms with E-state index >= 15 is 0 Å². The molecule has 2 aliphatic rings.